The van der Waals surface area contributed by atoms with Gasteiger partial charge in [0.05, 0.1) is 13.2 Å². The molecule has 0 aromatic heterocycles. The van der Waals surface area contributed by atoms with Crippen molar-refractivity contribution < 1.29 is 4.74 Å². The van der Waals surface area contributed by atoms with E-state index in [9.17, 15) is 0 Å². The van der Waals surface area contributed by atoms with Crippen LogP contribution >= 0.6 is 0 Å². The third kappa shape index (κ3) is 1.76. The van der Waals surface area contributed by atoms with Crippen molar-refractivity contribution in [2.45, 2.75) is 34.1 Å². The Kier molecular flexibility index (Phi) is 2.58. The summed E-state index contributed by atoms with van der Waals surface area (Å²) in [6.45, 7) is 11.2. The highest BCUT2D eigenvalue weighted by Gasteiger charge is 2.41. The van der Waals surface area contributed by atoms with Crippen LogP contribution in [0.25, 0.3) is 0 Å². The molecule has 0 amide bonds. The normalized spacial score (nSPS) is 22.4. The molecule has 0 aromatic carbocycles. The largest absolute Gasteiger partial charge is 0.380 e. The Morgan fingerprint density at radius 3 is 1.82 bits per heavy atom. The van der Waals surface area contributed by atoms with Gasteiger partial charge in [0, 0.05) is 5.41 Å². The molecule has 1 heteroatoms. The summed E-state index contributed by atoms with van der Waals surface area (Å²) >= 11 is 0. The fraction of sp³-hybridized carbons (Fsp3) is 1.00. The molecular formula is C10H20O. The predicted octanol–water partition coefficient (Wildman–Crippen LogP) is 2.71. The third-order valence-corrected chi connectivity index (χ3v) is 2.82. The summed E-state index contributed by atoms with van der Waals surface area (Å²) in [7, 11) is 0. The topological polar surface area (TPSA) is 9.23 Å². The lowest BCUT2D eigenvalue weighted by Gasteiger charge is -2.46. The fourth-order valence-corrected chi connectivity index (χ4v) is 1.86. The van der Waals surface area contributed by atoms with E-state index < -0.39 is 0 Å². The van der Waals surface area contributed by atoms with Gasteiger partial charge in [-0.2, -0.15) is 0 Å². The number of hydrogen-bond acceptors (Lipinski definition) is 1. The van der Waals surface area contributed by atoms with Gasteiger partial charge in [0.15, 0.2) is 0 Å². The lowest BCUT2D eigenvalue weighted by Crippen LogP contribution is -2.47. The standard InChI is InChI=1S/C10H20O/c1-8(2)5-10(9(3)4)6-11-7-10/h8-9H,5-7H2,1-4H3. The molecule has 1 saturated heterocycles. The van der Waals surface area contributed by atoms with E-state index in [2.05, 4.69) is 27.7 Å². The number of ether oxygens (including phenoxy) is 1. The molecular weight excluding hydrogens is 136 g/mol. The Morgan fingerprint density at radius 2 is 1.73 bits per heavy atom. The first kappa shape index (κ1) is 9.05. The summed E-state index contributed by atoms with van der Waals surface area (Å²) in [5.41, 5.74) is 0.522. The second-order valence-corrected chi connectivity index (χ2v) is 4.61. The molecule has 0 N–H and O–H groups in total. The molecule has 1 heterocycles. The van der Waals surface area contributed by atoms with Gasteiger partial charge < -0.3 is 4.74 Å². The lowest BCUT2D eigenvalue weighted by atomic mass is 9.70. The Morgan fingerprint density at radius 1 is 1.18 bits per heavy atom. The smallest absolute Gasteiger partial charge is 0.0547 e. The van der Waals surface area contributed by atoms with Crippen molar-refractivity contribution in [3.8, 4) is 0 Å². The molecule has 11 heavy (non-hydrogen) atoms. The molecule has 0 atom stereocenters. The first-order valence-electron chi connectivity index (χ1n) is 4.64. The summed E-state index contributed by atoms with van der Waals surface area (Å²) in [6, 6.07) is 0. The van der Waals surface area contributed by atoms with Gasteiger partial charge in [0.2, 0.25) is 0 Å². The van der Waals surface area contributed by atoms with E-state index in [1.165, 1.54) is 6.42 Å². The van der Waals surface area contributed by atoms with Crippen molar-refractivity contribution in [2.75, 3.05) is 13.2 Å². The monoisotopic (exact) mass is 156 g/mol. The average molecular weight is 156 g/mol. The Balaban J connectivity index is 2.47. The van der Waals surface area contributed by atoms with Crippen LogP contribution in [-0.4, -0.2) is 13.2 Å². The van der Waals surface area contributed by atoms with Gasteiger partial charge in [-0.15, -0.1) is 0 Å². The van der Waals surface area contributed by atoms with E-state index in [1.807, 2.05) is 0 Å². The molecule has 1 aliphatic heterocycles. The second-order valence-electron chi connectivity index (χ2n) is 4.61. The summed E-state index contributed by atoms with van der Waals surface area (Å²) < 4.78 is 5.30. The molecule has 0 spiro atoms. The first-order chi connectivity index (χ1) is 5.07. The van der Waals surface area contributed by atoms with Crippen LogP contribution in [0.2, 0.25) is 0 Å². The highest BCUT2D eigenvalue weighted by molar-refractivity contribution is 4.88. The minimum Gasteiger partial charge on any atom is -0.380 e. The van der Waals surface area contributed by atoms with Gasteiger partial charge in [-0.3, -0.25) is 0 Å². The summed E-state index contributed by atoms with van der Waals surface area (Å²) in [5.74, 6) is 1.58. The van der Waals surface area contributed by atoms with Crippen LogP contribution in [0.15, 0.2) is 0 Å². The summed E-state index contributed by atoms with van der Waals surface area (Å²) in [6.07, 6.45) is 1.32. The minimum absolute atomic E-state index is 0.522. The second kappa shape index (κ2) is 3.14. The van der Waals surface area contributed by atoms with Crippen molar-refractivity contribution >= 4 is 0 Å². The van der Waals surface area contributed by atoms with Gasteiger partial charge in [-0.25, -0.2) is 0 Å². The quantitative estimate of drug-likeness (QED) is 0.610. The van der Waals surface area contributed by atoms with Gasteiger partial charge >= 0.3 is 0 Å². The Hall–Kier alpha value is -0.0400. The molecule has 1 fully saturated rings. The van der Waals surface area contributed by atoms with E-state index in [0.717, 1.165) is 25.0 Å². The minimum atomic E-state index is 0.522. The van der Waals surface area contributed by atoms with Crippen LogP contribution in [0, 0.1) is 17.3 Å². The number of rotatable bonds is 3. The zero-order chi connectivity index (χ0) is 8.48. The van der Waals surface area contributed by atoms with Crippen molar-refractivity contribution in [1.82, 2.24) is 0 Å². The first-order valence-corrected chi connectivity index (χ1v) is 4.64. The molecule has 1 nitrogen and oxygen atoms in total. The predicted molar refractivity (Wildman–Crippen MR) is 47.5 cm³/mol. The van der Waals surface area contributed by atoms with Crippen molar-refractivity contribution in [3.63, 3.8) is 0 Å². The number of hydrogen-bond donors (Lipinski definition) is 0. The van der Waals surface area contributed by atoms with Gasteiger partial charge in [-0.05, 0) is 18.3 Å². The van der Waals surface area contributed by atoms with Gasteiger partial charge in [0.1, 0.15) is 0 Å². The Bertz CT molecular complexity index is 123. The molecule has 0 aliphatic carbocycles. The molecule has 0 unspecified atom stereocenters. The fourth-order valence-electron chi connectivity index (χ4n) is 1.86. The molecule has 66 valence electrons. The van der Waals surface area contributed by atoms with E-state index in [1.54, 1.807) is 0 Å². The Labute approximate surface area is 70.1 Å². The third-order valence-electron chi connectivity index (χ3n) is 2.82. The highest BCUT2D eigenvalue weighted by Crippen LogP contribution is 2.41. The zero-order valence-electron chi connectivity index (χ0n) is 8.18. The highest BCUT2D eigenvalue weighted by atomic mass is 16.5. The molecule has 1 aliphatic rings. The molecule has 0 radical (unpaired) electrons. The maximum Gasteiger partial charge on any atom is 0.0547 e. The zero-order valence-corrected chi connectivity index (χ0v) is 8.18. The molecule has 1 rings (SSSR count). The molecule has 0 saturated carbocycles. The van der Waals surface area contributed by atoms with Gasteiger partial charge in [-0.1, -0.05) is 27.7 Å². The van der Waals surface area contributed by atoms with Crippen LogP contribution < -0.4 is 0 Å². The average Bonchev–Trinajstić information content (AvgIpc) is 1.77. The van der Waals surface area contributed by atoms with Crippen molar-refractivity contribution in [3.05, 3.63) is 0 Å². The maximum atomic E-state index is 5.30. The molecule has 0 aromatic rings. The van der Waals surface area contributed by atoms with Crippen LogP contribution in [0.4, 0.5) is 0 Å². The van der Waals surface area contributed by atoms with E-state index in [0.29, 0.717) is 5.41 Å². The summed E-state index contributed by atoms with van der Waals surface area (Å²) in [4.78, 5) is 0. The van der Waals surface area contributed by atoms with Gasteiger partial charge in [0.25, 0.3) is 0 Å². The van der Waals surface area contributed by atoms with Crippen LogP contribution in [0.1, 0.15) is 34.1 Å². The van der Waals surface area contributed by atoms with E-state index in [-0.39, 0.29) is 0 Å². The van der Waals surface area contributed by atoms with E-state index in [4.69, 9.17) is 4.74 Å². The maximum absolute atomic E-state index is 5.30. The van der Waals surface area contributed by atoms with Crippen LogP contribution in [0.3, 0.4) is 0 Å². The van der Waals surface area contributed by atoms with Crippen molar-refractivity contribution in [2.24, 2.45) is 17.3 Å². The lowest BCUT2D eigenvalue weighted by molar-refractivity contribution is -0.148. The summed E-state index contributed by atoms with van der Waals surface area (Å²) in [5, 5.41) is 0. The van der Waals surface area contributed by atoms with Crippen LogP contribution in [0.5, 0.6) is 0 Å². The van der Waals surface area contributed by atoms with Crippen LogP contribution in [-0.2, 0) is 4.74 Å². The SMILES string of the molecule is CC(C)CC1(C(C)C)COC1. The van der Waals surface area contributed by atoms with E-state index >= 15 is 0 Å². The molecule has 0 bridgehead atoms. The van der Waals surface area contributed by atoms with Crippen molar-refractivity contribution in [1.29, 1.82) is 0 Å².